The highest BCUT2D eigenvalue weighted by molar-refractivity contribution is 5.35. The largest absolute Gasteiger partial charge is 0.328 e. The quantitative estimate of drug-likeness (QED) is 0.882. The first-order chi connectivity index (χ1) is 8.81. The maximum atomic E-state index is 5.94. The van der Waals surface area contributed by atoms with Crippen LogP contribution >= 0.6 is 0 Å². The Labute approximate surface area is 110 Å². The van der Waals surface area contributed by atoms with Crippen LogP contribution in [0.5, 0.6) is 0 Å². The van der Waals surface area contributed by atoms with Gasteiger partial charge in [0, 0.05) is 12.6 Å². The number of aryl methyl sites for hydroxylation is 2. The molecule has 0 aromatic heterocycles. The molecule has 0 unspecified atom stereocenters. The van der Waals surface area contributed by atoms with Crippen LogP contribution in [0.2, 0.25) is 0 Å². The molecule has 2 nitrogen and oxygen atoms in total. The molecule has 98 valence electrons. The van der Waals surface area contributed by atoms with E-state index in [0.717, 1.165) is 0 Å². The second kappa shape index (κ2) is 5.41. The van der Waals surface area contributed by atoms with Gasteiger partial charge in [-0.1, -0.05) is 18.2 Å². The van der Waals surface area contributed by atoms with Gasteiger partial charge in [-0.3, -0.25) is 0 Å². The summed E-state index contributed by atoms with van der Waals surface area (Å²) < 4.78 is 0. The van der Waals surface area contributed by atoms with Gasteiger partial charge in [0.15, 0.2) is 0 Å². The molecule has 0 spiro atoms. The summed E-state index contributed by atoms with van der Waals surface area (Å²) in [5, 5.41) is 0. The number of benzene rings is 1. The Kier molecular flexibility index (Phi) is 3.67. The van der Waals surface area contributed by atoms with Crippen LogP contribution < -0.4 is 5.73 Å². The molecular formula is C16H24N2. The predicted molar refractivity (Wildman–Crippen MR) is 75.8 cm³/mol. The second-order valence-corrected chi connectivity index (χ2v) is 5.89. The zero-order valence-corrected chi connectivity index (χ0v) is 11.2. The van der Waals surface area contributed by atoms with Crippen molar-refractivity contribution in [2.24, 2.45) is 5.73 Å². The summed E-state index contributed by atoms with van der Waals surface area (Å²) >= 11 is 0. The number of hydrogen-bond acceptors (Lipinski definition) is 2. The van der Waals surface area contributed by atoms with Crippen molar-refractivity contribution < 1.29 is 0 Å². The van der Waals surface area contributed by atoms with E-state index >= 15 is 0 Å². The molecule has 1 heterocycles. The average molecular weight is 244 g/mol. The monoisotopic (exact) mass is 244 g/mol. The second-order valence-electron chi connectivity index (χ2n) is 5.89. The summed E-state index contributed by atoms with van der Waals surface area (Å²) in [6.45, 7) is 3.57. The molecule has 1 fully saturated rings. The lowest BCUT2D eigenvalue weighted by Gasteiger charge is -2.30. The van der Waals surface area contributed by atoms with Crippen molar-refractivity contribution in [2.45, 2.75) is 44.6 Å². The average Bonchev–Trinajstić information content (AvgIpc) is 2.85. The van der Waals surface area contributed by atoms with E-state index in [1.54, 1.807) is 11.1 Å². The Morgan fingerprint density at radius 2 is 1.89 bits per heavy atom. The topological polar surface area (TPSA) is 29.3 Å². The normalized spacial score (nSPS) is 21.2. The minimum Gasteiger partial charge on any atom is -0.328 e. The van der Waals surface area contributed by atoms with E-state index in [1.165, 1.54) is 63.7 Å². The summed E-state index contributed by atoms with van der Waals surface area (Å²) in [5.41, 5.74) is 10.6. The van der Waals surface area contributed by atoms with E-state index in [-0.39, 0.29) is 0 Å². The summed E-state index contributed by atoms with van der Waals surface area (Å²) in [7, 11) is 0. The molecule has 3 rings (SSSR count). The van der Waals surface area contributed by atoms with Crippen LogP contribution in [0.3, 0.4) is 0 Å². The lowest BCUT2D eigenvalue weighted by molar-refractivity contribution is 0.215. The zero-order chi connectivity index (χ0) is 12.4. The Balaban J connectivity index is 1.54. The van der Waals surface area contributed by atoms with Crippen LogP contribution in [-0.2, 0) is 19.3 Å². The number of likely N-dealkylation sites (tertiary alicyclic amines) is 1. The summed E-state index contributed by atoms with van der Waals surface area (Å²) in [4.78, 5) is 2.57. The standard InChI is InChI=1S/C16H24N2/c17-16-7-10-18(11-8-16)9-6-13-4-5-14-2-1-3-15(14)12-13/h4-5,12,16H,1-3,6-11,17H2. The van der Waals surface area contributed by atoms with Gasteiger partial charge in [-0.25, -0.2) is 0 Å². The Hall–Kier alpha value is -0.860. The van der Waals surface area contributed by atoms with Crippen LogP contribution in [0.25, 0.3) is 0 Å². The highest BCUT2D eigenvalue weighted by Gasteiger charge is 2.16. The molecule has 18 heavy (non-hydrogen) atoms. The third kappa shape index (κ3) is 2.76. The van der Waals surface area contributed by atoms with Gasteiger partial charge in [-0.15, -0.1) is 0 Å². The van der Waals surface area contributed by atoms with Gasteiger partial charge in [0.2, 0.25) is 0 Å². The zero-order valence-electron chi connectivity index (χ0n) is 11.2. The van der Waals surface area contributed by atoms with Gasteiger partial charge >= 0.3 is 0 Å². The van der Waals surface area contributed by atoms with Gasteiger partial charge in [0.05, 0.1) is 0 Å². The minimum atomic E-state index is 0.446. The molecule has 0 radical (unpaired) electrons. The van der Waals surface area contributed by atoms with Crippen molar-refractivity contribution in [1.29, 1.82) is 0 Å². The number of nitrogens with two attached hydrogens (primary N) is 1. The lowest BCUT2D eigenvalue weighted by Crippen LogP contribution is -2.40. The molecule has 1 aromatic carbocycles. The Bertz CT molecular complexity index is 406. The number of hydrogen-bond donors (Lipinski definition) is 1. The van der Waals surface area contributed by atoms with Crippen LogP contribution in [0.15, 0.2) is 18.2 Å². The predicted octanol–water partition coefficient (Wildman–Crippen LogP) is 2.14. The minimum absolute atomic E-state index is 0.446. The van der Waals surface area contributed by atoms with Crippen molar-refractivity contribution in [1.82, 2.24) is 4.90 Å². The maximum Gasteiger partial charge on any atom is 0.00631 e. The molecule has 1 aliphatic carbocycles. The van der Waals surface area contributed by atoms with Crippen molar-refractivity contribution in [3.05, 3.63) is 34.9 Å². The van der Waals surface area contributed by atoms with Crippen molar-refractivity contribution in [3.8, 4) is 0 Å². The molecule has 2 aliphatic rings. The first-order valence-corrected chi connectivity index (χ1v) is 7.40. The first-order valence-electron chi connectivity index (χ1n) is 7.40. The molecule has 2 N–H and O–H groups in total. The van der Waals surface area contributed by atoms with E-state index in [2.05, 4.69) is 23.1 Å². The van der Waals surface area contributed by atoms with Crippen molar-refractivity contribution in [2.75, 3.05) is 19.6 Å². The summed E-state index contributed by atoms with van der Waals surface area (Å²) in [6.07, 6.45) is 7.47. The molecule has 0 atom stereocenters. The fraction of sp³-hybridized carbons (Fsp3) is 0.625. The number of piperidine rings is 1. The van der Waals surface area contributed by atoms with E-state index in [9.17, 15) is 0 Å². The van der Waals surface area contributed by atoms with Gasteiger partial charge in [-0.2, -0.15) is 0 Å². The highest BCUT2D eigenvalue weighted by atomic mass is 15.1. The molecule has 0 amide bonds. The third-order valence-electron chi connectivity index (χ3n) is 4.51. The fourth-order valence-corrected chi connectivity index (χ4v) is 3.24. The van der Waals surface area contributed by atoms with Crippen molar-refractivity contribution in [3.63, 3.8) is 0 Å². The van der Waals surface area contributed by atoms with E-state index in [0.29, 0.717) is 6.04 Å². The SMILES string of the molecule is NC1CCN(CCc2ccc3c(c2)CCC3)CC1. The van der Waals surface area contributed by atoms with Gasteiger partial charge in [0.1, 0.15) is 0 Å². The molecule has 2 heteroatoms. The maximum absolute atomic E-state index is 5.94. The molecule has 1 aliphatic heterocycles. The van der Waals surface area contributed by atoms with E-state index in [4.69, 9.17) is 5.73 Å². The van der Waals surface area contributed by atoms with Crippen LogP contribution in [0, 0.1) is 0 Å². The van der Waals surface area contributed by atoms with Crippen LogP contribution in [0.1, 0.15) is 36.0 Å². The highest BCUT2D eigenvalue weighted by Crippen LogP contribution is 2.23. The van der Waals surface area contributed by atoms with Gasteiger partial charge in [0.25, 0.3) is 0 Å². The van der Waals surface area contributed by atoms with Crippen LogP contribution in [-0.4, -0.2) is 30.6 Å². The smallest absolute Gasteiger partial charge is 0.00631 e. The van der Waals surface area contributed by atoms with E-state index < -0.39 is 0 Å². The molecule has 1 saturated heterocycles. The lowest BCUT2D eigenvalue weighted by atomic mass is 10.0. The first kappa shape index (κ1) is 12.2. The fourth-order valence-electron chi connectivity index (χ4n) is 3.24. The van der Waals surface area contributed by atoms with Gasteiger partial charge < -0.3 is 10.6 Å². The van der Waals surface area contributed by atoms with Crippen LogP contribution in [0.4, 0.5) is 0 Å². The van der Waals surface area contributed by atoms with Gasteiger partial charge in [-0.05, 0) is 68.3 Å². The molecular weight excluding hydrogens is 220 g/mol. The Morgan fingerprint density at radius 3 is 2.72 bits per heavy atom. The van der Waals surface area contributed by atoms with E-state index in [1.807, 2.05) is 0 Å². The summed E-state index contributed by atoms with van der Waals surface area (Å²) in [6, 6.07) is 7.57. The van der Waals surface area contributed by atoms with Crippen molar-refractivity contribution >= 4 is 0 Å². The molecule has 1 aromatic rings. The molecule has 0 saturated carbocycles. The summed E-state index contributed by atoms with van der Waals surface area (Å²) in [5.74, 6) is 0. The number of nitrogens with zero attached hydrogens (tertiary/aromatic N) is 1. The Morgan fingerprint density at radius 1 is 1.11 bits per heavy atom. The third-order valence-corrected chi connectivity index (χ3v) is 4.51. The molecule has 0 bridgehead atoms. The number of rotatable bonds is 3. The number of fused-ring (bicyclic) bond motifs is 1.